The van der Waals surface area contributed by atoms with E-state index in [1.54, 1.807) is 6.07 Å². The van der Waals surface area contributed by atoms with Crippen molar-refractivity contribution in [3.8, 4) is 5.75 Å². The van der Waals surface area contributed by atoms with Crippen molar-refractivity contribution >= 4 is 22.6 Å². The van der Waals surface area contributed by atoms with E-state index < -0.39 is 17.4 Å². The minimum absolute atomic E-state index is 0.227. The van der Waals surface area contributed by atoms with Crippen LogP contribution in [0.1, 0.15) is 13.8 Å². The quantitative estimate of drug-likeness (QED) is 0.884. The molecule has 0 aliphatic rings. The Morgan fingerprint density at radius 2 is 1.81 bits per heavy atom. The summed E-state index contributed by atoms with van der Waals surface area (Å²) in [7, 11) is 0. The molecule has 0 spiro atoms. The predicted octanol–water partition coefficient (Wildman–Crippen LogP) is 2.20. The van der Waals surface area contributed by atoms with Crippen molar-refractivity contribution < 1.29 is 19.4 Å². The van der Waals surface area contributed by atoms with E-state index in [-0.39, 0.29) is 6.61 Å². The van der Waals surface area contributed by atoms with E-state index in [4.69, 9.17) is 9.84 Å². The minimum atomic E-state index is -1.32. The summed E-state index contributed by atoms with van der Waals surface area (Å²) in [5.41, 5.74) is -1.32. The Labute approximate surface area is 122 Å². The summed E-state index contributed by atoms with van der Waals surface area (Å²) in [5.74, 6) is -1.01. The number of rotatable bonds is 5. The van der Waals surface area contributed by atoms with E-state index >= 15 is 0 Å². The Bertz CT molecular complexity index is 679. The van der Waals surface area contributed by atoms with Crippen LogP contribution in [0.25, 0.3) is 10.8 Å². The van der Waals surface area contributed by atoms with Gasteiger partial charge in [-0.1, -0.05) is 30.3 Å². The van der Waals surface area contributed by atoms with Crippen molar-refractivity contribution in [3.05, 3.63) is 42.5 Å². The van der Waals surface area contributed by atoms with Crippen molar-refractivity contribution in [2.45, 2.75) is 19.4 Å². The number of fused-ring (bicyclic) bond motifs is 1. The maximum absolute atomic E-state index is 11.7. The maximum atomic E-state index is 11.7. The van der Waals surface area contributed by atoms with Crippen LogP contribution in [-0.4, -0.2) is 29.1 Å². The number of benzene rings is 2. The molecule has 5 heteroatoms. The second kappa shape index (κ2) is 5.83. The molecule has 110 valence electrons. The number of nitrogens with one attached hydrogen (secondary N) is 1. The van der Waals surface area contributed by atoms with E-state index in [1.807, 2.05) is 36.4 Å². The van der Waals surface area contributed by atoms with Gasteiger partial charge in [0.05, 0.1) is 0 Å². The number of carbonyl (C=O) groups is 2. The highest BCUT2D eigenvalue weighted by Gasteiger charge is 2.28. The molecular weight excluding hydrogens is 270 g/mol. The molecule has 0 aromatic heterocycles. The standard InChI is InChI=1S/C16H17NO4/c1-16(2,15(19)20)17-14(18)10-21-13-8-7-11-5-3-4-6-12(11)9-13/h3-9H,10H2,1-2H3,(H,17,18)(H,19,20). The number of carboxylic acids is 1. The van der Waals surface area contributed by atoms with Gasteiger partial charge in [0.2, 0.25) is 0 Å². The Balaban J connectivity index is 1.98. The van der Waals surface area contributed by atoms with Crippen molar-refractivity contribution in [2.24, 2.45) is 0 Å². The number of amides is 1. The Morgan fingerprint density at radius 1 is 1.14 bits per heavy atom. The van der Waals surface area contributed by atoms with Crippen molar-refractivity contribution in [1.29, 1.82) is 0 Å². The molecule has 0 fully saturated rings. The number of aliphatic carboxylic acids is 1. The first kappa shape index (κ1) is 14.8. The molecule has 2 aromatic carbocycles. The molecule has 0 aliphatic carbocycles. The fourth-order valence-electron chi connectivity index (χ4n) is 1.84. The Morgan fingerprint density at radius 3 is 2.48 bits per heavy atom. The lowest BCUT2D eigenvalue weighted by molar-refractivity contribution is -0.146. The number of ether oxygens (including phenoxy) is 1. The fraction of sp³-hybridized carbons (Fsp3) is 0.250. The van der Waals surface area contributed by atoms with E-state index in [2.05, 4.69) is 5.32 Å². The molecular formula is C16H17NO4. The van der Waals surface area contributed by atoms with Gasteiger partial charge in [-0.3, -0.25) is 4.79 Å². The second-order valence-corrected chi connectivity index (χ2v) is 5.28. The second-order valence-electron chi connectivity index (χ2n) is 5.28. The number of hydrogen-bond acceptors (Lipinski definition) is 3. The van der Waals surface area contributed by atoms with Gasteiger partial charge in [0.1, 0.15) is 11.3 Å². The molecule has 0 saturated carbocycles. The first-order chi connectivity index (χ1) is 9.88. The van der Waals surface area contributed by atoms with Crippen LogP contribution < -0.4 is 10.1 Å². The molecule has 2 N–H and O–H groups in total. The lowest BCUT2D eigenvalue weighted by Gasteiger charge is -2.20. The van der Waals surface area contributed by atoms with E-state index in [9.17, 15) is 9.59 Å². The van der Waals surface area contributed by atoms with E-state index in [0.29, 0.717) is 5.75 Å². The normalized spacial score (nSPS) is 11.1. The maximum Gasteiger partial charge on any atom is 0.328 e. The monoisotopic (exact) mass is 287 g/mol. The van der Waals surface area contributed by atoms with Gasteiger partial charge in [0, 0.05) is 0 Å². The summed E-state index contributed by atoms with van der Waals surface area (Å²) in [6, 6.07) is 13.3. The van der Waals surface area contributed by atoms with Crippen LogP contribution in [-0.2, 0) is 9.59 Å². The first-order valence-electron chi connectivity index (χ1n) is 6.54. The van der Waals surface area contributed by atoms with Gasteiger partial charge in [0.25, 0.3) is 5.91 Å². The summed E-state index contributed by atoms with van der Waals surface area (Å²) in [4.78, 5) is 22.6. The number of carboxylic acid groups (broad SMARTS) is 1. The Kier molecular flexibility index (Phi) is 4.12. The van der Waals surface area contributed by atoms with Crippen molar-refractivity contribution in [2.75, 3.05) is 6.61 Å². The van der Waals surface area contributed by atoms with Crippen LogP contribution in [0.5, 0.6) is 5.75 Å². The Hall–Kier alpha value is -2.56. The van der Waals surface area contributed by atoms with Crippen LogP contribution in [0.15, 0.2) is 42.5 Å². The van der Waals surface area contributed by atoms with Gasteiger partial charge < -0.3 is 15.2 Å². The largest absolute Gasteiger partial charge is 0.484 e. The summed E-state index contributed by atoms with van der Waals surface area (Å²) in [6.07, 6.45) is 0. The van der Waals surface area contributed by atoms with Gasteiger partial charge in [-0.2, -0.15) is 0 Å². The van der Waals surface area contributed by atoms with Crippen LogP contribution in [0.3, 0.4) is 0 Å². The zero-order chi connectivity index (χ0) is 15.5. The van der Waals surface area contributed by atoms with Crippen molar-refractivity contribution in [1.82, 2.24) is 5.32 Å². The van der Waals surface area contributed by atoms with Crippen LogP contribution in [0.2, 0.25) is 0 Å². The topological polar surface area (TPSA) is 75.6 Å². The van der Waals surface area contributed by atoms with Gasteiger partial charge in [-0.15, -0.1) is 0 Å². The number of hydrogen-bond donors (Lipinski definition) is 2. The SMILES string of the molecule is CC(C)(NC(=O)COc1ccc2ccccc2c1)C(=O)O. The molecule has 0 saturated heterocycles. The van der Waals surface area contributed by atoms with Gasteiger partial charge in [0.15, 0.2) is 6.61 Å². The summed E-state index contributed by atoms with van der Waals surface area (Å²) >= 11 is 0. The van der Waals surface area contributed by atoms with Crippen LogP contribution in [0.4, 0.5) is 0 Å². The highest BCUT2D eigenvalue weighted by atomic mass is 16.5. The smallest absolute Gasteiger partial charge is 0.328 e. The van der Waals surface area contributed by atoms with Gasteiger partial charge in [-0.05, 0) is 36.8 Å². The summed E-state index contributed by atoms with van der Waals surface area (Å²) in [5, 5.41) is 13.4. The summed E-state index contributed by atoms with van der Waals surface area (Å²) < 4.78 is 5.40. The first-order valence-corrected chi connectivity index (χ1v) is 6.54. The average Bonchev–Trinajstić information content (AvgIpc) is 2.44. The highest BCUT2D eigenvalue weighted by molar-refractivity contribution is 5.87. The summed E-state index contributed by atoms with van der Waals surface area (Å²) in [6.45, 7) is 2.61. The fourth-order valence-corrected chi connectivity index (χ4v) is 1.84. The number of carbonyl (C=O) groups excluding carboxylic acids is 1. The van der Waals surface area contributed by atoms with Gasteiger partial charge in [-0.25, -0.2) is 4.79 Å². The third kappa shape index (κ3) is 3.72. The zero-order valence-electron chi connectivity index (χ0n) is 11.9. The zero-order valence-corrected chi connectivity index (χ0v) is 11.9. The molecule has 5 nitrogen and oxygen atoms in total. The highest BCUT2D eigenvalue weighted by Crippen LogP contribution is 2.20. The predicted molar refractivity (Wildman–Crippen MR) is 79.3 cm³/mol. The molecule has 0 aliphatic heterocycles. The lowest BCUT2D eigenvalue weighted by Crippen LogP contribution is -2.51. The molecule has 0 heterocycles. The lowest BCUT2D eigenvalue weighted by atomic mass is 10.1. The van der Waals surface area contributed by atoms with Crippen molar-refractivity contribution in [3.63, 3.8) is 0 Å². The van der Waals surface area contributed by atoms with Crippen LogP contribution in [0, 0.1) is 0 Å². The third-order valence-electron chi connectivity index (χ3n) is 3.08. The molecule has 2 aromatic rings. The van der Waals surface area contributed by atoms with Gasteiger partial charge >= 0.3 is 5.97 Å². The third-order valence-corrected chi connectivity index (χ3v) is 3.08. The van der Waals surface area contributed by atoms with E-state index in [1.165, 1.54) is 13.8 Å². The molecule has 0 radical (unpaired) electrons. The minimum Gasteiger partial charge on any atom is -0.484 e. The molecule has 0 atom stereocenters. The molecule has 2 rings (SSSR count). The van der Waals surface area contributed by atoms with E-state index in [0.717, 1.165) is 10.8 Å². The molecule has 0 bridgehead atoms. The molecule has 0 unspecified atom stereocenters. The molecule has 21 heavy (non-hydrogen) atoms. The van der Waals surface area contributed by atoms with Crippen LogP contribution >= 0.6 is 0 Å². The molecule has 1 amide bonds. The average molecular weight is 287 g/mol.